The zero-order chi connectivity index (χ0) is 26.1. The van der Waals surface area contributed by atoms with Crippen molar-refractivity contribution in [2.75, 3.05) is 39.3 Å². The van der Waals surface area contributed by atoms with E-state index in [1.807, 2.05) is 0 Å². The number of hydrazone groups is 1. The van der Waals surface area contributed by atoms with Crippen LogP contribution in [0.15, 0.2) is 76.7 Å². The van der Waals surface area contributed by atoms with Crippen LogP contribution in [0.5, 0.6) is 23.0 Å². The predicted octanol–water partition coefficient (Wildman–Crippen LogP) is 3.07. The molecular weight excluding hydrogens is 486 g/mol. The zero-order valence-electron chi connectivity index (χ0n) is 20.3. The summed E-state index contributed by atoms with van der Waals surface area (Å²) in [5, 5.41) is 3.93. The van der Waals surface area contributed by atoms with Gasteiger partial charge in [0.1, 0.15) is 18.0 Å². The molecule has 3 aromatic rings. The summed E-state index contributed by atoms with van der Waals surface area (Å²) in [6, 6.07) is 17.5. The maximum atomic E-state index is 13.6. The van der Waals surface area contributed by atoms with Gasteiger partial charge in [0.05, 0.1) is 45.2 Å². The van der Waals surface area contributed by atoms with Crippen molar-refractivity contribution in [3.8, 4) is 23.0 Å². The number of sulfonamides is 1. The smallest absolute Gasteiger partial charge is 0.264 e. The summed E-state index contributed by atoms with van der Waals surface area (Å²) in [5.74, 6) is 1.20. The predicted molar refractivity (Wildman–Crippen MR) is 136 cm³/mol. The molecule has 0 aliphatic heterocycles. The highest BCUT2D eigenvalue weighted by atomic mass is 32.2. The van der Waals surface area contributed by atoms with Crippen LogP contribution in [-0.2, 0) is 14.8 Å². The minimum Gasteiger partial charge on any atom is -0.497 e. The van der Waals surface area contributed by atoms with Gasteiger partial charge < -0.3 is 18.9 Å². The number of nitrogens with zero attached hydrogens (tertiary/aromatic N) is 2. The topological polar surface area (TPSA) is 116 Å². The van der Waals surface area contributed by atoms with Gasteiger partial charge in [0.25, 0.3) is 15.9 Å². The lowest BCUT2D eigenvalue weighted by atomic mass is 10.2. The number of nitrogens with one attached hydrogen (secondary N) is 1. The second kappa shape index (κ2) is 11.9. The number of hydrogen-bond acceptors (Lipinski definition) is 8. The van der Waals surface area contributed by atoms with Crippen molar-refractivity contribution >= 4 is 27.8 Å². The van der Waals surface area contributed by atoms with Crippen molar-refractivity contribution in [3.63, 3.8) is 0 Å². The van der Waals surface area contributed by atoms with Crippen molar-refractivity contribution in [2.45, 2.75) is 4.90 Å². The summed E-state index contributed by atoms with van der Waals surface area (Å²) in [6.07, 6.45) is 1.44. The summed E-state index contributed by atoms with van der Waals surface area (Å²) in [6.45, 7) is -0.525. The molecule has 0 heterocycles. The molecule has 0 fully saturated rings. The van der Waals surface area contributed by atoms with Crippen molar-refractivity contribution < 1.29 is 32.2 Å². The lowest BCUT2D eigenvalue weighted by Crippen LogP contribution is -2.39. The first-order valence-corrected chi connectivity index (χ1v) is 12.1. The first-order chi connectivity index (χ1) is 17.3. The van der Waals surface area contributed by atoms with E-state index in [0.29, 0.717) is 17.2 Å². The number of methoxy groups -OCH3 is 4. The monoisotopic (exact) mass is 513 g/mol. The van der Waals surface area contributed by atoms with Crippen LogP contribution in [0.4, 0.5) is 5.69 Å². The van der Waals surface area contributed by atoms with Gasteiger partial charge in [-0.05, 0) is 66.2 Å². The molecule has 0 bridgehead atoms. The molecule has 1 amide bonds. The van der Waals surface area contributed by atoms with Crippen LogP contribution in [0.25, 0.3) is 0 Å². The second-order valence-corrected chi connectivity index (χ2v) is 9.16. The Hall–Kier alpha value is -4.25. The lowest BCUT2D eigenvalue weighted by Gasteiger charge is -2.24. The highest BCUT2D eigenvalue weighted by Crippen LogP contribution is 2.32. The molecule has 36 heavy (non-hydrogen) atoms. The van der Waals surface area contributed by atoms with Gasteiger partial charge in [-0.1, -0.05) is 0 Å². The molecule has 0 saturated carbocycles. The first-order valence-electron chi connectivity index (χ1n) is 10.7. The molecule has 190 valence electrons. The van der Waals surface area contributed by atoms with E-state index in [-0.39, 0.29) is 16.3 Å². The van der Waals surface area contributed by atoms with E-state index in [1.54, 1.807) is 55.6 Å². The van der Waals surface area contributed by atoms with E-state index in [2.05, 4.69) is 10.5 Å². The molecule has 11 heteroatoms. The van der Waals surface area contributed by atoms with E-state index >= 15 is 0 Å². The van der Waals surface area contributed by atoms with Crippen molar-refractivity contribution in [1.29, 1.82) is 0 Å². The summed E-state index contributed by atoms with van der Waals surface area (Å²) in [4.78, 5) is 12.6. The first kappa shape index (κ1) is 26.4. The number of amides is 1. The second-order valence-electron chi connectivity index (χ2n) is 7.29. The largest absolute Gasteiger partial charge is 0.497 e. The van der Waals surface area contributed by atoms with E-state index in [0.717, 1.165) is 9.87 Å². The number of benzene rings is 3. The summed E-state index contributed by atoms with van der Waals surface area (Å²) in [7, 11) is 1.74. The minimum absolute atomic E-state index is 0.0782. The van der Waals surface area contributed by atoms with Gasteiger partial charge in [0.15, 0.2) is 11.5 Å². The third-order valence-electron chi connectivity index (χ3n) is 5.11. The van der Waals surface area contributed by atoms with Crippen LogP contribution in [0.3, 0.4) is 0 Å². The van der Waals surface area contributed by atoms with E-state index in [1.165, 1.54) is 45.7 Å². The molecule has 0 aliphatic carbocycles. The highest BCUT2D eigenvalue weighted by Gasteiger charge is 2.28. The van der Waals surface area contributed by atoms with E-state index < -0.39 is 22.5 Å². The lowest BCUT2D eigenvalue weighted by molar-refractivity contribution is -0.119. The molecule has 0 radical (unpaired) electrons. The Balaban J connectivity index is 1.87. The van der Waals surface area contributed by atoms with Crippen molar-refractivity contribution in [3.05, 3.63) is 72.3 Å². The fourth-order valence-corrected chi connectivity index (χ4v) is 4.64. The van der Waals surface area contributed by atoms with Gasteiger partial charge >= 0.3 is 0 Å². The van der Waals surface area contributed by atoms with Gasteiger partial charge in [0.2, 0.25) is 0 Å². The molecule has 0 aliphatic rings. The maximum Gasteiger partial charge on any atom is 0.264 e. The molecule has 1 N–H and O–H groups in total. The molecule has 0 spiro atoms. The fourth-order valence-electron chi connectivity index (χ4n) is 3.20. The highest BCUT2D eigenvalue weighted by molar-refractivity contribution is 7.92. The van der Waals surface area contributed by atoms with Gasteiger partial charge in [0, 0.05) is 6.07 Å². The van der Waals surface area contributed by atoms with Crippen LogP contribution in [0.1, 0.15) is 5.56 Å². The molecular formula is C25H27N3O7S. The SMILES string of the molecule is COc1ccc(/C=N\NC(=O)CN(c2ccc(OC)cc2)S(=O)(=O)c2ccc(OC)c(OC)c2)cc1. The normalized spacial score (nSPS) is 11.1. The average molecular weight is 514 g/mol. The number of carbonyl (C=O) groups excluding carboxylic acids is 1. The Morgan fingerprint density at radius 3 is 1.97 bits per heavy atom. The quantitative estimate of drug-likeness (QED) is 0.309. The Kier molecular flexibility index (Phi) is 8.74. The fraction of sp³-hybridized carbons (Fsp3) is 0.200. The van der Waals surface area contributed by atoms with Crippen molar-refractivity contribution in [2.24, 2.45) is 5.10 Å². The average Bonchev–Trinajstić information content (AvgIpc) is 2.91. The Morgan fingerprint density at radius 1 is 0.833 bits per heavy atom. The zero-order valence-corrected chi connectivity index (χ0v) is 21.1. The third-order valence-corrected chi connectivity index (χ3v) is 6.88. The van der Waals surface area contributed by atoms with Crippen LogP contribution in [0, 0.1) is 0 Å². The number of rotatable bonds is 11. The molecule has 3 rings (SSSR count). The number of ether oxygens (including phenoxy) is 4. The maximum absolute atomic E-state index is 13.6. The van der Waals surface area contributed by atoms with Gasteiger partial charge in [-0.15, -0.1) is 0 Å². The van der Waals surface area contributed by atoms with E-state index in [9.17, 15) is 13.2 Å². The Bertz CT molecular complexity index is 1310. The molecule has 0 aromatic heterocycles. The third kappa shape index (κ3) is 6.25. The summed E-state index contributed by atoms with van der Waals surface area (Å²) >= 11 is 0. The number of carbonyl (C=O) groups is 1. The summed E-state index contributed by atoms with van der Waals surface area (Å²) < 4.78 is 48.9. The molecule has 3 aromatic carbocycles. The molecule has 10 nitrogen and oxygen atoms in total. The van der Waals surface area contributed by atoms with Gasteiger partial charge in [-0.3, -0.25) is 9.10 Å². The Labute approximate surface area is 210 Å². The minimum atomic E-state index is -4.18. The van der Waals surface area contributed by atoms with Crippen LogP contribution in [-0.4, -0.2) is 55.5 Å². The van der Waals surface area contributed by atoms with Crippen molar-refractivity contribution in [1.82, 2.24) is 5.43 Å². The number of anilines is 1. The Morgan fingerprint density at radius 2 is 1.42 bits per heavy atom. The summed E-state index contributed by atoms with van der Waals surface area (Å²) in [5.41, 5.74) is 3.36. The van der Waals surface area contributed by atoms with Gasteiger partial charge in [-0.2, -0.15) is 5.10 Å². The molecule has 0 saturated heterocycles. The van der Waals surface area contributed by atoms with Crippen LogP contribution < -0.4 is 28.7 Å². The van der Waals surface area contributed by atoms with E-state index in [4.69, 9.17) is 18.9 Å². The molecule has 0 unspecified atom stereocenters. The molecule has 0 atom stereocenters. The number of hydrogen-bond donors (Lipinski definition) is 1. The van der Waals surface area contributed by atoms with Crippen LogP contribution >= 0.6 is 0 Å². The van der Waals surface area contributed by atoms with Crippen LogP contribution in [0.2, 0.25) is 0 Å². The standard InChI is InChI=1S/C25H27N3O7S/c1-32-20-9-5-18(6-10-20)16-26-27-25(29)17-28(19-7-11-21(33-2)12-8-19)36(30,31)22-13-14-23(34-3)24(15-22)35-4/h5-16H,17H2,1-4H3,(H,27,29)/b26-16-. The van der Waals surface area contributed by atoms with Gasteiger partial charge in [-0.25, -0.2) is 13.8 Å².